The van der Waals surface area contributed by atoms with Crippen molar-refractivity contribution in [2.75, 3.05) is 0 Å². The van der Waals surface area contributed by atoms with E-state index in [1.165, 1.54) is 64.2 Å². The summed E-state index contributed by atoms with van der Waals surface area (Å²) in [4.78, 5) is 0. The molecule has 19 heavy (non-hydrogen) atoms. The van der Waals surface area contributed by atoms with E-state index >= 15 is 0 Å². The highest BCUT2D eigenvalue weighted by Crippen LogP contribution is 2.11. The Morgan fingerprint density at radius 1 is 0.684 bits per heavy atom. The van der Waals surface area contributed by atoms with Gasteiger partial charge in [-0.2, -0.15) is 0 Å². The normalized spacial score (nSPS) is 12.2. The molecule has 0 aromatic heterocycles. The van der Waals surface area contributed by atoms with Crippen molar-refractivity contribution >= 4 is 0 Å². The van der Waals surface area contributed by atoms with Gasteiger partial charge < -0.3 is 0 Å². The first-order valence-electron chi connectivity index (χ1n) is 8.57. The second-order valence-electron chi connectivity index (χ2n) is 6.06. The predicted octanol–water partition coefficient (Wildman–Crippen LogP) is 7.07. The Morgan fingerprint density at radius 2 is 1.26 bits per heavy atom. The van der Waals surface area contributed by atoms with Crippen molar-refractivity contribution in [3.05, 3.63) is 24.3 Å². The first-order chi connectivity index (χ1) is 9.27. The fourth-order valence-corrected chi connectivity index (χ4v) is 2.17. The van der Waals surface area contributed by atoms with E-state index in [-0.39, 0.29) is 0 Å². The van der Waals surface area contributed by atoms with E-state index in [0.29, 0.717) is 0 Å². The second kappa shape index (κ2) is 15.5. The maximum Gasteiger partial charge on any atom is -0.0169 e. The van der Waals surface area contributed by atoms with E-state index in [1.54, 1.807) is 0 Å². The Kier molecular flexibility index (Phi) is 15.1. The summed E-state index contributed by atoms with van der Waals surface area (Å²) in [7, 11) is 0. The van der Waals surface area contributed by atoms with Crippen LogP contribution in [0.2, 0.25) is 0 Å². The van der Waals surface area contributed by atoms with Crippen LogP contribution < -0.4 is 0 Å². The van der Waals surface area contributed by atoms with Crippen LogP contribution in [0.3, 0.4) is 0 Å². The molecule has 0 nitrogen and oxygen atoms in total. The molecule has 0 saturated heterocycles. The van der Waals surface area contributed by atoms with E-state index in [4.69, 9.17) is 0 Å². The first kappa shape index (κ1) is 18.5. The fraction of sp³-hybridized carbons (Fsp3) is 0.789. The summed E-state index contributed by atoms with van der Waals surface area (Å²) >= 11 is 0. The van der Waals surface area contributed by atoms with Crippen molar-refractivity contribution in [1.82, 2.24) is 0 Å². The van der Waals surface area contributed by atoms with Gasteiger partial charge in [-0.05, 0) is 31.6 Å². The molecule has 0 aliphatic heterocycles. The van der Waals surface area contributed by atoms with Crippen LogP contribution in [-0.4, -0.2) is 0 Å². The lowest BCUT2D eigenvalue weighted by Crippen LogP contribution is -1.86. The van der Waals surface area contributed by atoms with Gasteiger partial charge in [0.2, 0.25) is 0 Å². The highest BCUT2D eigenvalue weighted by Gasteiger charge is 1.93. The number of hydrogen-bond donors (Lipinski definition) is 0. The lowest BCUT2D eigenvalue weighted by molar-refractivity contribution is 0.516. The second-order valence-corrected chi connectivity index (χ2v) is 6.06. The molecule has 0 N–H and O–H groups in total. The molecule has 0 heterocycles. The Bertz CT molecular complexity index is 210. The van der Waals surface area contributed by atoms with Gasteiger partial charge in [0.15, 0.2) is 0 Å². The summed E-state index contributed by atoms with van der Waals surface area (Å²) in [6.07, 6.45) is 24.1. The number of rotatable bonds is 13. The van der Waals surface area contributed by atoms with Gasteiger partial charge in [-0.1, -0.05) is 90.0 Å². The number of hydrogen-bond acceptors (Lipinski definition) is 0. The standard InChI is InChI=1S/C19H36/c1-4-5-6-7-8-9-10-11-12-13-14-15-16-17-18-19(2)3/h7-8,10-11,19H,4-6,9,12-18H2,1-3H3/b8-7+,11-10+. The van der Waals surface area contributed by atoms with Crippen LogP contribution in [0.4, 0.5) is 0 Å². The molecule has 0 heteroatoms. The molecule has 0 aromatic carbocycles. The Morgan fingerprint density at radius 3 is 1.89 bits per heavy atom. The van der Waals surface area contributed by atoms with Gasteiger partial charge in [0.25, 0.3) is 0 Å². The Balaban J connectivity index is 3.14. The average Bonchev–Trinajstić information content (AvgIpc) is 2.39. The quantitative estimate of drug-likeness (QED) is 0.246. The zero-order chi connectivity index (χ0) is 14.2. The van der Waals surface area contributed by atoms with Crippen LogP contribution in [-0.2, 0) is 0 Å². The van der Waals surface area contributed by atoms with E-state index in [1.807, 2.05) is 0 Å². The summed E-state index contributed by atoms with van der Waals surface area (Å²) in [5, 5.41) is 0. The first-order valence-corrected chi connectivity index (χ1v) is 8.57. The molecule has 112 valence electrons. The molecule has 0 aromatic rings. The van der Waals surface area contributed by atoms with E-state index in [2.05, 4.69) is 45.1 Å². The molecule has 0 saturated carbocycles. The molecular formula is C19H36. The molecule has 0 atom stereocenters. The van der Waals surface area contributed by atoms with Crippen molar-refractivity contribution in [1.29, 1.82) is 0 Å². The average molecular weight is 264 g/mol. The van der Waals surface area contributed by atoms with Gasteiger partial charge in [0.05, 0.1) is 0 Å². The minimum Gasteiger partial charge on any atom is -0.0882 e. The van der Waals surface area contributed by atoms with Crippen molar-refractivity contribution in [3.63, 3.8) is 0 Å². The molecule has 0 aliphatic carbocycles. The fourth-order valence-electron chi connectivity index (χ4n) is 2.17. The molecule has 0 amide bonds. The molecule has 0 rings (SSSR count). The van der Waals surface area contributed by atoms with Gasteiger partial charge in [0.1, 0.15) is 0 Å². The maximum atomic E-state index is 2.36. The van der Waals surface area contributed by atoms with E-state index < -0.39 is 0 Å². The van der Waals surface area contributed by atoms with E-state index in [0.717, 1.165) is 12.3 Å². The highest BCUT2D eigenvalue weighted by atomic mass is 14.0. The summed E-state index contributed by atoms with van der Waals surface area (Å²) in [5.74, 6) is 0.883. The third-order valence-electron chi connectivity index (χ3n) is 3.48. The van der Waals surface area contributed by atoms with Gasteiger partial charge >= 0.3 is 0 Å². The van der Waals surface area contributed by atoms with Crippen molar-refractivity contribution < 1.29 is 0 Å². The highest BCUT2D eigenvalue weighted by molar-refractivity contribution is 4.92. The molecular weight excluding hydrogens is 228 g/mol. The monoisotopic (exact) mass is 264 g/mol. The molecule has 0 unspecified atom stereocenters. The van der Waals surface area contributed by atoms with Crippen LogP contribution in [0, 0.1) is 5.92 Å². The number of unbranched alkanes of at least 4 members (excludes halogenated alkanes) is 7. The zero-order valence-electron chi connectivity index (χ0n) is 13.7. The molecule has 0 aliphatic rings. The predicted molar refractivity (Wildman–Crippen MR) is 89.6 cm³/mol. The van der Waals surface area contributed by atoms with Gasteiger partial charge in [-0.25, -0.2) is 0 Å². The SMILES string of the molecule is CCCC/C=C/C/C=C/CCCCCCCC(C)C. The van der Waals surface area contributed by atoms with Gasteiger partial charge in [-0.3, -0.25) is 0 Å². The lowest BCUT2D eigenvalue weighted by atomic mass is 10.0. The van der Waals surface area contributed by atoms with Crippen LogP contribution in [0.5, 0.6) is 0 Å². The summed E-state index contributed by atoms with van der Waals surface area (Å²) in [6, 6.07) is 0. The minimum atomic E-state index is 0.883. The van der Waals surface area contributed by atoms with Crippen LogP contribution in [0.15, 0.2) is 24.3 Å². The largest absolute Gasteiger partial charge is 0.0882 e. The van der Waals surface area contributed by atoms with Crippen LogP contribution >= 0.6 is 0 Å². The van der Waals surface area contributed by atoms with Crippen LogP contribution in [0.25, 0.3) is 0 Å². The minimum absolute atomic E-state index is 0.883. The van der Waals surface area contributed by atoms with Crippen molar-refractivity contribution in [2.45, 2.75) is 91.4 Å². The topological polar surface area (TPSA) is 0 Å². The molecule has 0 spiro atoms. The van der Waals surface area contributed by atoms with E-state index in [9.17, 15) is 0 Å². The maximum absolute atomic E-state index is 2.36. The molecule has 0 fully saturated rings. The number of allylic oxidation sites excluding steroid dienone is 4. The zero-order valence-corrected chi connectivity index (χ0v) is 13.7. The Hall–Kier alpha value is -0.520. The van der Waals surface area contributed by atoms with Crippen LogP contribution in [0.1, 0.15) is 91.4 Å². The molecule has 0 radical (unpaired) electrons. The summed E-state index contributed by atoms with van der Waals surface area (Å²) in [5.41, 5.74) is 0. The third kappa shape index (κ3) is 17.5. The van der Waals surface area contributed by atoms with Gasteiger partial charge in [-0.15, -0.1) is 0 Å². The third-order valence-corrected chi connectivity index (χ3v) is 3.48. The lowest BCUT2D eigenvalue weighted by Gasteiger charge is -2.03. The smallest absolute Gasteiger partial charge is 0.0169 e. The van der Waals surface area contributed by atoms with Gasteiger partial charge in [0, 0.05) is 0 Å². The summed E-state index contributed by atoms with van der Waals surface area (Å²) < 4.78 is 0. The summed E-state index contributed by atoms with van der Waals surface area (Å²) in [6.45, 7) is 6.89. The van der Waals surface area contributed by atoms with Crippen molar-refractivity contribution in [3.8, 4) is 0 Å². The van der Waals surface area contributed by atoms with Crippen molar-refractivity contribution in [2.24, 2.45) is 5.92 Å². The molecule has 0 bridgehead atoms. The Labute approximate surface area is 122 Å².